The van der Waals surface area contributed by atoms with Gasteiger partial charge in [-0.1, -0.05) is 0 Å². The van der Waals surface area contributed by atoms with E-state index in [0.717, 1.165) is 4.90 Å². The first kappa shape index (κ1) is 13.0. The Balaban J connectivity index is 2.69. The van der Waals surface area contributed by atoms with Gasteiger partial charge in [0, 0.05) is 11.9 Å². The molecule has 0 atom stereocenters. The average Bonchev–Trinajstić information content (AvgIpc) is 2.25. The Bertz CT molecular complexity index is 467. The second kappa shape index (κ2) is 5.33. The van der Waals surface area contributed by atoms with Crippen LogP contribution in [0.15, 0.2) is 34.1 Å². The van der Waals surface area contributed by atoms with Crippen LogP contribution in [0, 0.1) is 0 Å². The van der Waals surface area contributed by atoms with Gasteiger partial charge in [0.1, 0.15) is 10.1 Å². The fourth-order valence-corrected chi connectivity index (χ4v) is 2.16. The molecule has 88 valence electrons. The topological polar surface area (TPSA) is 86.3 Å². The highest BCUT2D eigenvalue weighted by molar-refractivity contribution is 8.00. The number of carbonyl (C=O) groups is 1. The maximum absolute atomic E-state index is 10.9. The molecule has 0 unspecified atom stereocenters. The van der Waals surface area contributed by atoms with E-state index in [2.05, 4.69) is 5.32 Å². The summed E-state index contributed by atoms with van der Waals surface area (Å²) in [7, 11) is -2.86. The van der Waals surface area contributed by atoms with E-state index in [-0.39, 0.29) is 16.6 Å². The first-order chi connectivity index (χ1) is 7.43. The highest BCUT2D eigenvalue weighted by Crippen LogP contribution is 2.19. The van der Waals surface area contributed by atoms with Crippen LogP contribution >= 0.6 is 11.8 Å². The molecule has 0 saturated carbocycles. The minimum Gasteiger partial charge on any atom is -0.744 e. The molecule has 0 aliphatic heterocycles. The van der Waals surface area contributed by atoms with Crippen LogP contribution in [-0.4, -0.2) is 31.7 Å². The van der Waals surface area contributed by atoms with E-state index in [0.29, 0.717) is 0 Å². The normalized spacial score (nSPS) is 11.1. The van der Waals surface area contributed by atoms with Crippen molar-refractivity contribution in [3.8, 4) is 0 Å². The van der Waals surface area contributed by atoms with Gasteiger partial charge in [0.25, 0.3) is 0 Å². The largest absolute Gasteiger partial charge is 0.744 e. The zero-order valence-electron chi connectivity index (χ0n) is 8.47. The molecule has 7 heteroatoms. The molecule has 1 N–H and O–H groups in total. The van der Waals surface area contributed by atoms with E-state index in [1.54, 1.807) is 0 Å². The van der Waals surface area contributed by atoms with Gasteiger partial charge in [-0.2, -0.15) is 0 Å². The zero-order chi connectivity index (χ0) is 12.2. The van der Waals surface area contributed by atoms with Gasteiger partial charge in [0.05, 0.1) is 10.6 Å². The van der Waals surface area contributed by atoms with Gasteiger partial charge in [-0.25, -0.2) is 8.42 Å². The number of amides is 1. The summed E-state index contributed by atoms with van der Waals surface area (Å²) < 4.78 is 31.9. The van der Waals surface area contributed by atoms with Crippen LogP contribution in [0.4, 0.5) is 0 Å². The van der Waals surface area contributed by atoms with Crippen molar-refractivity contribution in [1.82, 2.24) is 5.32 Å². The number of rotatable bonds is 4. The fraction of sp³-hybridized carbons (Fsp3) is 0.222. The van der Waals surface area contributed by atoms with Gasteiger partial charge in [-0.15, -0.1) is 11.8 Å². The van der Waals surface area contributed by atoms with Gasteiger partial charge in [0.15, 0.2) is 0 Å². The molecule has 0 spiro atoms. The number of hydrogen-bond donors (Lipinski definition) is 1. The Hall–Kier alpha value is -1.05. The van der Waals surface area contributed by atoms with Crippen LogP contribution in [0.25, 0.3) is 0 Å². The van der Waals surface area contributed by atoms with Crippen LogP contribution in [-0.2, 0) is 14.9 Å². The summed E-state index contributed by atoms with van der Waals surface area (Å²) in [6.07, 6.45) is 0. The maximum atomic E-state index is 10.9. The predicted octanol–water partition coefficient (Wildman–Crippen LogP) is 0.429. The fourth-order valence-electron chi connectivity index (χ4n) is 0.924. The van der Waals surface area contributed by atoms with Crippen molar-refractivity contribution in [1.29, 1.82) is 0 Å². The van der Waals surface area contributed by atoms with Crippen molar-refractivity contribution >= 4 is 27.8 Å². The molecule has 1 amide bonds. The van der Waals surface area contributed by atoms with Crippen molar-refractivity contribution in [2.75, 3.05) is 12.8 Å². The van der Waals surface area contributed by atoms with Gasteiger partial charge >= 0.3 is 0 Å². The van der Waals surface area contributed by atoms with Crippen molar-refractivity contribution < 1.29 is 17.8 Å². The number of benzene rings is 1. The average molecular weight is 260 g/mol. The third-order valence-electron chi connectivity index (χ3n) is 1.76. The summed E-state index contributed by atoms with van der Waals surface area (Å²) in [6, 6.07) is 5.46. The molecule has 0 aromatic heterocycles. The van der Waals surface area contributed by atoms with E-state index in [1.165, 1.54) is 43.1 Å². The van der Waals surface area contributed by atoms with Crippen LogP contribution in [0.5, 0.6) is 0 Å². The molecule has 1 aromatic carbocycles. The quantitative estimate of drug-likeness (QED) is 0.626. The Morgan fingerprint density at radius 2 is 1.94 bits per heavy atom. The van der Waals surface area contributed by atoms with Crippen LogP contribution in [0.1, 0.15) is 0 Å². The lowest BCUT2D eigenvalue weighted by Crippen LogP contribution is -2.19. The molecule has 0 radical (unpaired) electrons. The molecule has 0 bridgehead atoms. The zero-order valence-corrected chi connectivity index (χ0v) is 10.1. The number of hydrogen-bond acceptors (Lipinski definition) is 5. The molecule has 0 fully saturated rings. The third kappa shape index (κ3) is 3.84. The summed E-state index contributed by atoms with van der Waals surface area (Å²) in [5.41, 5.74) is 0. The molecule has 0 aliphatic rings. The van der Waals surface area contributed by atoms with Crippen molar-refractivity contribution in [2.24, 2.45) is 0 Å². The molecule has 16 heavy (non-hydrogen) atoms. The van der Waals surface area contributed by atoms with E-state index in [1.807, 2.05) is 0 Å². The summed E-state index contributed by atoms with van der Waals surface area (Å²) in [5.74, 6) is 0.130. The molecular weight excluding hydrogens is 250 g/mol. The second-order valence-electron chi connectivity index (χ2n) is 2.89. The van der Waals surface area contributed by atoms with Gasteiger partial charge in [-0.05, 0) is 24.3 Å². The van der Waals surface area contributed by atoms with Crippen molar-refractivity contribution in [3.63, 3.8) is 0 Å². The lowest BCUT2D eigenvalue weighted by Gasteiger charge is -2.07. The Kier molecular flexibility index (Phi) is 4.34. The third-order valence-corrected chi connectivity index (χ3v) is 3.62. The molecule has 0 aliphatic carbocycles. The molecule has 0 heterocycles. The number of carbonyl (C=O) groups excluding carboxylic acids is 1. The summed E-state index contributed by atoms with van der Waals surface area (Å²) in [5, 5.41) is 2.47. The summed E-state index contributed by atoms with van der Waals surface area (Å²) in [4.78, 5) is 11.4. The lowest BCUT2D eigenvalue weighted by atomic mass is 10.4. The van der Waals surface area contributed by atoms with Gasteiger partial charge < -0.3 is 9.87 Å². The standard InChI is InChI=1S/C9H11NO4S2/c1-10-9(11)6-15-7-2-4-8(5-3-7)16(12,13)14/h2-5H,6H2,1H3,(H,10,11)(H,12,13,14)/p-1. The Labute approximate surface area is 98.0 Å². The first-order valence-electron chi connectivity index (χ1n) is 4.33. The van der Waals surface area contributed by atoms with Crippen molar-refractivity contribution in [2.45, 2.75) is 9.79 Å². The second-order valence-corrected chi connectivity index (χ2v) is 5.32. The minimum absolute atomic E-state index is 0.120. The first-order valence-corrected chi connectivity index (χ1v) is 6.72. The maximum Gasteiger partial charge on any atom is 0.230 e. The van der Waals surface area contributed by atoms with Crippen LogP contribution in [0.2, 0.25) is 0 Å². The highest BCUT2D eigenvalue weighted by atomic mass is 32.2. The minimum atomic E-state index is -4.39. The predicted molar refractivity (Wildman–Crippen MR) is 59.2 cm³/mol. The molecular formula is C9H10NO4S2-. The van der Waals surface area contributed by atoms with Crippen LogP contribution < -0.4 is 5.32 Å². The SMILES string of the molecule is CNC(=O)CSc1ccc(S(=O)(=O)[O-])cc1. The van der Waals surface area contributed by atoms with Gasteiger partial charge in [-0.3, -0.25) is 4.79 Å². The van der Waals surface area contributed by atoms with Crippen molar-refractivity contribution in [3.05, 3.63) is 24.3 Å². The molecule has 1 aromatic rings. The smallest absolute Gasteiger partial charge is 0.230 e. The molecule has 0 saturated heterocycles. The van der Waals surface area contributed by atoms with E-state index in [9.17, 15) is 17.8 Å². The summed E-state index contributed by atoms with van der Waals surface area (Å²) >= 11 is 1.26. The monoisotopic (exact) mass is 260 g/mol. The lowest BCUT2D eigenvalue weighted by molar-refractivity contribution is -0.118. The summed E-state index contributed by atoms with van der Waals surface area (Å²) in [6.45, 7) is 0. The molecule has 1 rings (SSSR count). The van der Waals surface area contributed by atoms with E-state index >= 15 is 0 Å². The Morgan fingerprint density at radius 1 is 1.38 bits per heavy atom. The molecule has 5 nitrogen and oxygen atoms in total. The highest BCUT2D eigenvalue weighted by Gasteiger charge is 2.03. The van der Waals surface area contributed by atoms with E-state index < -0.39 is 10.1 Å². The van der Waals surface area contributed by atoms with E-state index in [4.69, 9.17) is 0 Å². The van der Waals surface area contributed by atoms with Crippen LogP contribution in [0.3, 0.4) is 0 Å². The Morgan fingerprint density at radius 3 is 2.38 bits per heavy atom. The number of nitrogens with one attached hydrogen (secondary N) is 1. The van der Waals surface area contributed by atoms with Gasteiger partial charge in [0.2, 0.25) is 5.91 Å². The number of thioether (sulfide) groups is 1.